The van der Waals surface area contributed by atoms with Crippen LogP contribution in [0.25, 0.3) is 0 Å². The maximum absolute atomic E-state index is 9.96. The zero-order chi connectivity index (χ0) is 10.8. The van der Waals surface area contributed by atoms with Crippen molar-refractivity contribution in [1.82, 2.24) is 0 Å². The second-order valence-electron chi connectivity index (χ2n) is 6.09. The fourth-order valence-electron chi connectivity index (χ4n) is 3.42. The van der Waals surface area contributed by atoms with Gasteiger partial charge in [0.25, 0.3) is 0 Å². The van der Waals surface area contributed by atoms with Crippen molar-refractivity contribution in [3.8, 4) is 0 Å². The van der Waals surface area contributed by atoms with Crippen LogP contribution in [0.4, 0.5) is 0 Å². The second kappa shape index (κ2) is 4.26. The molecule has 0 bridgehead atoms. The number of hydrogen-bond acceptors (Lipinski definition) is 1. The third-order valence-corrected chi connectivity index (χ3v) is 3.54. The minimum atomic E-state index is -0.487. The lowest BCUT2D eigenvalue weighted by molar-refractivity contribution is 0.0697. The first-order valence-electron chi connectivity index (χ1n) is 6.09. The van der Waals surface area contributed by atoms with Crippen molar-refractivity contribution in [2.24, 2.45) is 11.3 Å². The first kappa shape index (κ1) is 12.1. The molecule has 1 nitrogen and oxygen atoms in total. The van der Waals surface area contributed by atoms with Gasteiger partial charge in [0.15, 0.2) is 0 Å². The molecule has 0 heterocycles. The van der Waals surface area contributed by atoms with E-state index in [4.69, 9.17) is 0 Å². The average Bonchev–Trinajstić information content (AvgIpc) is 2.28. The molecule has 0 aliphatic heterocycles. The highest BCUT2D eigenvalue weighted by Gasteiger charge is 2.39. The van der Waals surface area contributed by atoms with Crippen LogP contribution < -0.4 is 0 Å². The van der Waals surface area contributed by atoms with Gasteiger partial charge in [-0.2, -0.15) is 0 Å². The zero-order valence-corrected chi connectivity index (χ0v) is 10.3. The van der Waals surface area contributed by atoms with Crippen molar-refractivity contribution < 1.29 is 5.11 Å². The Bertz CT molecular complexity index is 181. The average molecular weight is 196 g/mol. The first-order valence-corrected chi connectivity index (χ1v) is 6.09. The Hall–Kier alpha value is 0.0249. The molecule has 82 valence electrons. The van der Waals surface area contributed by atoms with Crippen molar-refractivity contribution in [1.29, 1.82) is 0 Å². The maximum Gasteiger partial charge on any atom is 0.142 e. The first-order chi connectivity index (χ1) is 6.37. The minimum absolute atomic E-state index is 0.451. The highest BCUT2D eigenvalue weighted by Crippen LogP contribution is 2.49. The van der Waals surface area contributed by atoms with Gasteiger partial charge in [0.1, 0.15) is 7.85 Å². The highest BCUT2D eigenvalue weighted by atomic mass is 16.3. The summed E-state index contributed by atoms with van der Waals surface area (Å²) in [6, 6.07) is 0. The smallest absolute Gasteiger partial charge is 0.142 e. The molecule has 0 aromatic rings. The van der Waals surface area contributed by atoms with Crippen LogP contribution in [0.1, 0.15) is 59.3 Å². The van der Waals surface area contributed by atoms with Gasteiger partial charge in [-0.15, -0.1) is 0 Å². The van der Waals surface area contributed by atoms with E-state index in [0.717, 1.165) is 12.3 Å². The summed E-state index contributed by atoms with van der Waals surface area (Å²) in [6.07, 6.45) is 7.54. The summed E-state index contributed by atoms with van der Waals surface area (Å²) in [5, 5.41) is 9.96. The lowest BCUT2D eigenvalue weighted by Crippen LogP contribution is -2.33. The standard InChI is InChI=1S/C12H25BO/c1-4-6-12(9-11(3,13)14)7-5-10(2)8-12/h10,14H,4-9,13H2,1-3H3. The molecule has 0 spiro atoms. The third-order valence-electron chi connectivity index (χ3n) is 3.54. The van der Waals surface area contributed by atoms with Crippen molar-refractivity contribution in [3.05, 3.63) is 0 Å². The molecule has 1 aliphatic carbocycles. The van der Waals surface area contributed by atoms with Crippen molar-refractivity contribution in [2.75, 3.05) is 0 Å². The lowest BCUT2D eigenvalue weighted by atomic mass is 9.66. The summed E-state index contributed by atoms with van der Waals surface area (Å²) in [6.45, 7) is 6.56. The Morgan fingerprint density at radius 2 is 2.21 bits per heavy atom. The van der Waals surface area contributed by atoms with E-state index in [2.05, 4.69) is 13.8 Å². The predicted octanol–water partition coefficient (Wildman–Crippen LogP) is 2.32. The predicted molar refractivity (Wildman–Crippen MR) is 64.1 cm³/mol. The van der Waals surface area contributed by atoms with E-state index in [1.54, 1.807) is 0 Å². The van der Waals surface area contributed by atoms with Gasteiger partial charge in [-0.05, 0) is 43.9 Å². The van der Waals surface area contributed by atoms with E-state index in [0.29, 0.717) is 5.41 Å². The molecule has 0 aromatic carbocycles. The van der Waals surface area contributed by atoms with Crippen LogP contribution in [-0.2, 0) is 0 Å². The van der Waals surface area contributed by atoms with Gasteiger partial charge < -0.3 is 5.11 Å². The molecule has 3 unspecified atom stereocenters. The highest BCUT2D eigenvalue weighted by molar-refractivity contribution is 6.13. The third kappa shape index (κ3) is 3.31. The Balaban J connectivity index is 2.63. The Kier molecular flexibility index (Phi) is 3.68. The fraction of sp³-hybridized carbons (Fsp3) is 1.00. The van der Waals surface area contributed by atoms with Gasteiger partial charge in [0.2, 0.25) is 0 Å². The summed E-state index contributed by atoms with van der Waals surface area (Å²) < 4.78 is 0. The minimum Gasteiger partial charge on any atom is -0.399 e. The Morgan fingerprint density at radius 3 is 2.57 bits per heavy atom. The molecular formula is C12H25BO. The van der Waals surface area contributed by atoms with E-state index in [1.807, 2.05) is 14.8 Å². The normalized spacial score (nSPS) is 37.0. The van der Waals surface area contributed by atoms with Gasteiger partial charge >= 0.3 is 0 Å². The maximum atomic E-state index is 9.96. The summed E-state index contributed by atoms with van der Waals surface area (Å²) in [7, 11) is 1.95. The van der Waals surface area contributed by atoms with Gasteiger partial charge in [0.05, 0.1) is 0 Å². The molecule has 1 saturated carbocycles. The summed E-state index contributed by atoms with van der Waals surface area (Å²) in [5.41, 5.74) is -0.0361. The van der Waals surface area contributed by atoms with Crippen LogP contribution in [0.15, 0.2) is 0 Å². The van der Waals surface area contributed by atoms with Crippen LogP contribution in [-0.4, -0.2) is 18.5 Å². The van der Waals surface area contributed by atoms with Gasteiger partial charge in [0, 0.05) is 5.50 Å². The molecule has 1 fully saturated rings. The number of hydrogen-bond donors (Lipinski definition) is 1. The monoisotopic (exact) mass is 196 g/mol. The van der Waals surface area contributed by atoms with Crippen LogP contribution in [0, 0.1) is 11.3 Å². The van der Waals surface area contributed by atoms with Crippen molar-refractivity contribution in [3.63, 3.8) is 0 Å². The van der Waals surface area contributed by atoms with E-state index in [-0.39, 0.29) is 0 Å². The molecule has 1 N–H and O–H groups in total. The van der Waals surface area contributed by atoms with Gasteiger partial charge in [-0.3, -0.25) is 0 Å². The summed E-state index contributed by atoms with van der Waals surface area (Å²) in [5.74, 6) is 0.865. The van der Waals surface area contributed by atoms with E-state index < -0.39 is 5.50 Å². The van der Waals surface area contributed by atoms with Crippen molar-refractivity contribution >= 4 is 7.85 Å². The SMILES string of the molecule is BC(C)(O)CC1(CCC)CCC(C)C1. The molecule has 0 aromatic heterocycles. The molecule has 14 heavy (non-hydrogen) atoms. The second-order valence-corrected chi connectivity index (χ2v) is 6.09. The number of aliphatic hydroxyl groups is 1. The Labute approximate surface area is 89.7 Å². The topological polar surface area (TPSA) is 20.2 Å². The van der Waals surface area contributed by atoms with Crippen molar-refractivity contribution in [2.45, 2.75) is 64.8 Å². The van der Waals surface area contributed by atoms with Crippen LogP contribution in [0.5, 0.6) is 0 Å². The van der Waals surface area contributed by atoms with Crippen LogP contribution >= 0.6 is 0 Å². The van der Waals surface area contributed by atoms with E-state index in [9.17, 15) is 5.11 Å². The van der Waals surface area contributed by atoms with Gasteiger partial charge in [-0.25, -0.2) is 0 Å². The molecule has 2 heteroatoms. The zero-order valence-electron chi connectivity index (χ0n) is 10.3. The number of rotatable bonds is 4. The largest absolute Gasteiger partial charge is 0.399 e. The molecule has 1 aliphatic rings. The molecule has 0 amide bonds. The Morgan fingerprint density at radius 1 is 1.57 bits per heavy atom. The van der Waals surface area contributed by atoms with Gasteiger partial charge in [-0.1, -0.05) is 26.7 Å². The molecule has 1 rings (SSSR count). The molecule has 0 radical (unpaired) electrons. The fourth-order valence-corrected chi connectivity index (χ4v) is 3.42. The summed E-state index contributed by atoms with van der Waals surface area (Å²) in [4.78, 5) is 0. The van der Waals surface area contributed by atoms with E-state index >= 15 is 0 Å². The molecular weight excluding hydrogens is 171 g/mol. The van der Waals surface area contributed by atoms with E-state index in [1.165, 1.54) is 32.1 Å². The van der Waals surface area contributed by atoms with Crippen LogP contribution in [0.2, 0.25) is 0 Å². The molecule has 3 atom stereocenters. The summed E-state index contributed by atoms with van der Waals surface area (Å²) >= 11 is 0. The quantitative estimate of drug-likeness (QED) is 0.684. The lowest BCUT2D eigenvalue weighted by Gasteiger charge is -2.35. The van der Waals surface area contributed by atoms with Crippen LogP contribution in [0.3, 0.4) is 0 Å². The molecule has 0 saturated heterocycles.